The zero-order valence-electron chi connectivity index (χ0n) is 18.6. The Balaban J connectivity index is 1.17. The highest BCUT2D eigenvalue weighted by Crippen LogP contribution is 2.44. The molecule has 0 aliphatic carbocycles. The molecule has 6 rings (SSSR count). The molecule has 2 aliphatic heterocycles. The fourth-order valence-corrected chi connectivity index (χ4v) is 4.76. The minimum atomic E-state index is -0.349. The third-order valence-corrected chi connectivity index (χ3v) is 6.51. The molecule has 3 aromatic carbocycles. The number of amides is 1. The molecular formula is C26H24N6O2. The molecule has 0 unspecified atom stereocenters. The van der Waals surface area contributed by atoms with E-state index in [2.05, 4.69) is 20.4 Å². The number of tetrazole rings is 1. The normalized spacial score (nSPS) is 15.9. The standard InChI is InChI=1S/C26H24N6O2/c33-26(25-20-10-4-6-12-22(20)34-23-13-7-5-11-21(23)25)31-16-14-30(15-17-31)18-24-27-28-29-32(24)19-8-2-1-3-9-19/h1-13,25H,14-18H2. The molecule has 0 spiro atoms. The lowest BCUT2D eigenvalue weighted by molar-refractivity contribution is -0.133. The highest BCUT2D eigenvalue weighted by molar-refractivity contribution is 5.89. The van der Waals surface area contributed by atoms with Crippen LogP contribution in [0.4, 0.5) is 0 Å². The second kappa shape index (κ2) is 8.72. The Bertz CT molecular complexity index is 1270. The van der Waals surface area contributed by atoms with Gasteiger partial charge in [0.25, 0.3) is 0 Å². The maximum Gasteiger partial charge on any atom is 0.234 e. The average Bonchev–Trinajstić information content (AvgIpc) is 3.36. The zero-order chi connectivity index (χ0) is 22.9. The average molecular weight is 453 g/mol. The van der Waals surface area contributed by atoms with Crippen LogP contribution in [-0.4, -0.2) is 62.1 Å². The van der Waals surface area contributed by atoms with E-state index >= 15 is 0 Å². The molecule has 1 saturated heterocycles. The predicted molar refractivity (Wildman–Crippen MR) is 126 cm³/mol. The Morgan fingerprint density at radius 1 is 0.824 bits per heavy atom. The molecule has 1 aromatic heterocycles. The fraction of sp³-hybridized carbons (Fsp3) is 0.231. The van der Waals surface area contributed by atoms with Crippen molar-refractivity contribution in [2.24, 2.45) is 0 Å². The first-order chi connectivity index (χ1) is 16.8. The van der Waals surface area contributed by atoms with Crippen molar-refractivity contribution < 1.29 is 9.53 Å². The highest BCUT2D eigenvalue weighted by atomic mass is 16.5. The molecular weight excluding hydrogens is 428 g/mol. The second-order valence-corrected chi connectivity index (χ2v) is 8.55. The largest absolute Gasteiger partial charge is 0.457 e. The van der Waals surface area contributed by atoms with Crippen LogP contribution in [0.25, 0.3) is 5.69 Å². The van der Waals surface area contributed by atoms with Gasteiger partial charge < -0.3 is 9.64 Å². The van der Waals surface area contributed by atoms with E-state index in [0.717, 1.165) is 47.2 Å². The van der Waals surface area contributed by atoms with E-state index in [-0.39, 0.29) is 11.8 Å². The van der Waals surface area contributed by atoms with Gasteiger partial charge in [-0.3, -0.25) is 9.69 Å². The van der Waals surface area contributed by atoms with Gasteiger partial charge in [0, 0.05) is 37.3 Å². The number of piperazine rings is 1. The molecule has 8 heteroatoms. The number of carbonyl (C=O) groups excluding carboxylic acids is 1. The van der Waals surface area contributed by atoms with E-state index in [9.17, 15) is 4.79 Å². The second-order valence-electron chi connectivity index (χ2n) is 8.55. The van der Waals surface area contributed by atoms with Gasteiger partial charge in [0.05, 0.1) is 18.2 Å². The van der Waals surface area contributed by atoms with Gasteiger partial charge in [0.1, 0.15) is 11.5 Å². The number of aromatic nitrogens is 4. The number of rotatable bonds is 4. The maximum atomic E-state index is 13.8. The molecule has 0 bridgehead atoms. The predicted octanol–water partition coefficient (Wildman–Crippen LogP) is 3.24. The molecule has 8 nitrogen and oxygen atoms in total. The number of hydrogen-bond donors (Lipinski definition) is 0. The summed E-state index contributed by atoms with van der Waals surface area (Å²) in [5.74, 6) is 2.07. The van der Waals surface area contributed by atoms with E-state index in [1.54, 1.807) is 4.68 Å². The Morgan fingerprint density at radius 2 is 1.44 bits per heavy atom. The maximum absolute atomic E-state index is 13.8. The van der Waals surface area contributed by atoms with Gasteiger partial charge in [-0.15, -0.1) is 5.10 Å². The quantitative estimate of drug-likeness (QED) is 0.473. The third-order valence-electron chi connectivity index (χ3n) is 6.51. The molecule has 0 N–H and O–H groups in total. The Hall–Kier alpha value is -4.04. The molecule has 1 amide bonds. The number of benzene rings is 3. The van der Waals surface area contributed by atoms with Crippen LogP contribution in [-0.2, 0) is 11.3 Å². The van der Waals surface area contributed by atoms with E-state index in [4.69, 9.17) is 4.74 Å². The van der Waals surface area contributed by atoms with Crippen LogP contribution in [0.15, 0.2) is 78.9 Å². The number of para-hydroxylation sites is 3. The summed E-state index contributed by atoms with van der Waals surface area (Å²) in [4.78, 5) is 18.0. The van der Waals surface area contributed by atoms with Gasteiger partial charge in [-0.25, -0.2) is 0 Å². The summed E-state index contributed by atoms with van der Waals surface area (Å²) >= 11 is 0. The van der Waals surface area contributed by atoms with Gasteiger partial charge in [-0.1, -0.05) is 54.6 Å². The SMILES string of the molecule is O=C(C1c2ccccc2Oc2ccccc21)N1CCN(Cc2nnnn2-c2ccccc2)CC1. The van der Waals surface area contributed by atoms with Gasteiger partial charge >= 0.3 is 0 Å². The molecule has 4 aromatic rings. The number of ether oxygens (including phenoxy) is 1. The summed E-state index contributed by atoms with van der Waals surface area (Å²) in [7, 11) is 0. The van der Waals surface area contributed by atoms with Crippen molar-refractivity contribution in [1.29, 1.82) is 0 Å². The lowest BCUT2D eigenvalue weighted by Crippen LogP contribution is -2.50. The van der Waals surface area contributed by atoms with E-state index in [0.29, 0.717) is 19.6 Å². The van der Waals surface area contributed by atoms with Gasteiger partial charge in [0.15, 0.2) is 5.82 Å². The summed E-state index contributed by atoms with van der Waals surface area (Å²) in [6, 6.07) is 25.5. The molecule has 0 saturated carbocycles. The van der Waals surface area contributed by atoms with Crippen molar-refractivity contribution in [3.8, 4) is 17.2 Å². The minimum Gasteiger partial charge on any atom is -0.457 e. The first kappa shape index (κ1) is 20.6. The van der Waals surface area contributed by atoms with Crippen molar-refractivity contribution >= 4 is 5.91 Å². The lowest BCUT2D eigenvalue weighted by atomic mass is 9.86. The summed E-state index contributed by atoms with van der Waals surface area (Å²) in [5, 5.41) is 12.3. The third kappa shape index (κ3) is 3.72. The van der Waals surface area contributed by atoms with Gasteiger partial charge in [0.2, 0.25) is 5.91 Å². The highest BCUT2D eigenvalue weighted by Gasteiger charge is 2.36. The number of carbonyl (C=O) groups is 1. The van der Waals surface area contributed by atoms with Crippen LogP contribution in [0.1, 0.15) is 22.9 Å². The molecule has 0 atom stereocenters. The molecule has 170 valence electrons. The summed E-state index contributed by atoms with van der Waals surface area (Å²) in [6.45, 7) is 3.48. The lowest BCUT2D eigenvalue weighted by Gasteiger charge is -2.37. The Morgan fingerprint density at radius 3 is 2.12 bits per heavy atom. The van der Waals surface area contributed by atoms with Crippen molar-refractivity contribution in [1.82, 2.24) is 30.0 Å². The van der Waals surface area contributed by atoms with E-state index in [1.807, 2.05) is 83.8 Å². The first-order valence-electron chi connectivity index (χ1n) is 11.5. The molecule has 3 heterocycles. The fourth-order valence-electron chi connectivity index (χ4n) is 4.76. The van der Waals surface area contributed by atoms with Crippen molar-refractivity contribution in [3.05, 3.63) is 95.8 Å². The number of fused-ring (bicyclic) bond motifs is 2. The Kier molecular flexibility index (Phi) is 5.27. The van der Waals surface area contributed by atoms with Crippen LogP contribution >= 0.6 is 0 Å². The molecule has 2 aliphatic rings. The van der Waals surface area contributed by atoms with Crippen LogP contribution in [0.2, 0.25) is 0 Å². The van der Waals surface area contributed by atoms with Gasteiger partial charge in [-0.05, 0) is 34.7 Å². The Labute approximate surface area is 197 Å². The molecule has 0 radical (unpaired) electrons. The summed E-state index contributed by atoms with van der Waals surface area (Å²) in [5.41, 5.74) is 2.79. The van der Waals surface area contributed by atoms with Crippen LogP contribution < -0.4 is 4.74 Å². The van der Waals surface area contributed by atoms with Crippen LogP contribution in [0.5, 0.6) is 11.5 Å². The van der Waals surface area contributed by atoms with Crippen LogP contribution in [0.3, 0.4) is 0 Å². The monoisotopic (exact) mass is 452 g/mol. The molecule has 1 fully saturated rings. The van der Waals surface area contributed by atoms with Crippen molar-refractivity contribution in [2.75, 3.05) is 26.2 Å². The number of nitrogens with zero attached hydrogens (tertiary/aromatic N) is 6. The van der Waals surface area contributed by atoms with E-state index < -0.39 is 0 Å². The topological polar surface area (TPSA) is 76.4 Å². The van der Waals surface area contributed by atoms with Crippen molar-refractivity contribution in [3.63, 3.8) is 0 Å². The molecule has 34 heavy (non-hydrogen) atoms. The van der Waals surface area contributed by atoms with Gasteiger partial charge in [-0.2, -0.15) is 4.68 Å². The van der Waals surface area contributed by atoms with E-state index in [1.165, 1.54) is 0 Å². The van der Waals surface area contributed by atoms with Crippen LogP contribution in [0, 0.1) is 0 Å². The summed E-state index contributed by atoms with van der Waals surface area (Å²) < 4.78 is 7.84. The number of hydrogen-bond acceptors (Lipinski definition) is 6. The van der Waals surface area contributed by atoms with Crippen molar-refractivity contribution in [2.45, 2.75) is 12.5 Å². The smallest absolute Gasteiger partial charge is 0.234 e. The zero-order valence-corrected chi connectivity index (χ0v) is 18.6. The minimum absolute atomic E-state index is 0.122. The first-order valence-corrected chi connectivity index (χ1v) is 11.5. The summed E-state index contributed by atoms with van der Waals surface area (Å²) in [6.07, 6.45) is 0.